The molecule has 0 amide bonds. The molecular weight excluding hydrogens is 371 g/mol. The summed E-state index contributed by atoms with van der Waals surface area (Å²) in [6.07, 6.45) is 9.59. The summed E-state index contributed by atoms with van der Waals surface area (Å²) in [6.45, 7) is 3.34. The van der Waals surface area contributed by atoms with Crippen molar-refractivity contribution in [3.63, 3.8) is 0 Å². The number of terminal acetylenes is 1. The SMILES string of the molecule is C#CCn1c(C)c(-c2cnc(F)c(Cl)c2)c(=O)n(-c2cncc(C)c2)c1=O. The predicted molar refractivity (Wildman–Crippen MR) is 101 cm³/mol. The third kappa shape index (κ3) is 3.27. The Morgan fingerprint density at radius 1 is 1.22 bits per heavy atom. The molecule has 0 saturated carbocycles. The Morgan fingerprint density at radius 2 is 1.96 bits per heavy atom. The zero-order valence-corrected chi connectivity index (χ0v) is 15.3. The number of aromatic nitrogens is 4. The molecule has 6 nitrogen and oxygen atoms in total. The quantitative estimate of drug-likeness (QED) is 0.514. The summed E-state index contributed by atoms with van der Waals surface area (Å²) in [5.74, 6) is 1.56. The zero-order valence-electron chi connectivity index (χ0n) is 14.5. The number of nitrogens with zero attached hydrogens (tertiary/aromatic N) is 4. The molecule has 0 aliphatic rings. The second-order valence-electron chi connectivity index (χ2n) is 5.89. The van der Waals surface area contributed by atoms with Crippen molar-refractivity contribution in [1.82, 2.24) is 19.1 Å². The highest BCUT2D eigenvalue weighted by Crippen LogP contribution is 2.23. The largest absolute Gasteiger partial charge is 0.336 e. The van der Waals surface area contributed by atoms with Crippen molar-refractivity contribution in [2.45, 2.75) is 20.4 Å². The number of aryl methyl sites for hydroxylation is 1. The van der Waals surface area contributed by atoms with E-state index in [0.29, 0.717) is 11.4 Å². The molecule has 8 heteroatoms. The van der Waals surface area contributed by atoms with Crippen LogP contribution in [0.1, 0.15) is 11.3 Å². The van der Waals surface area contributed by atoms with Crippen molar-refractivity contribution in [2.24, 2.45) is 0 Å². The molecule has 136 valence electrons. The van der Waals surface area contributed by atoms with Crippen LogP contribution in [0.25, 0.3) is 16.8 Å². The molecule has 3 heterocycles. The Balaban J connectivity index is 2.44. The molecule has 3 aromatic heterocycles. The molecule has 0 N–H and O–H groups in total. The summed E-state index contributed by atoms with van der Waals surface area (Å²) in [6, 6.07) is 2.95. The van der Waals surface area contributed by atoms with E-state index in [9.17, 15) is 14.0 Å². The molecule has 0 aliphatic carbocycles. The Labute approximate surface area is 158 Å². The number of hydrogen-bond acceptors (Lipinski definition) is 4. The maximum Gasteiger partial charge on any atom is 0.336 e. The fraction of sp³-hybridized carbons (Fsp3) is 0.158. The smallest absolute Gasteiger partial charge is 0.285 e. The van der Waals surface area contributed by atoms with Crippen molar-refractivity contribution in [2.75, 3.05) is 0 Å². The first-order chi connectivity index (χ1) is 12.8. The van der Waals surface area contributed by atoms with Gasteiger partial charge in [-0.05, 0) is 31.5 Å². The van der Waals surface area contributed by atoms with Crippen LogP contribution in [0.15, 0.2) is 40.3 Å². The average Bonchev–Trinajstić information content (AvgIpc) is 2.62. The van der Waals surface area contributed by atoms with E-state index in [2.05, 4.69) is 15.9 Å². The van der Waals surface area contributed by atoms with Crippen LogP contribution in [-0.4, -0.2) is 19.1 Å². The van der Waals surface area contributed by atoms with Crippen LogP contribution in [-0.2, 0) is 6.54 Å². The van der Waals surface area contributed by atoms with Crippen LogP contribution < -0.4 is 11.2 Å². The lowest BCUT2D eigenvalue weighted by Crippen LogP contribution is -2.41. The molecule has 0 aliphatic heterocycles. The maximum absolute atomic E-state index is 13.5. The first kappa shape index (κ1) is 18.5. The zero-order chi connectivity index (χ0) is 19.7. The Bertz CT molecular complexity index is 1210. The summed E-state index contributed by atoms with van der Waals surface area (Å²) in [5, 5.41) is -0.232. The lowest BCUT2D eigenvalue weighted by atomic mass is 10.1. The van der Waals surface area contributed by atoms with E-state index in [1.165, 1.54) is 23.0 Å². The van der Waals surface area contributed by atoms with Gasteiger partial charge in [-0.3, -0.25) is 14.3 Å². The number of pyridine rings is 2. The first-order valence-corrected chi connectivity index (χ1v) is 8.26. The molecule has 0 saturated heterocycles. The van der Waals surface area contributed by atoms with Gasteiger partial charge in [0.2, 0.25) is 5.95 Å². The molecule has 27 heavy (non-hydrogen) atoms. The van der Waals surface area contributed by atoms with Gasteiger partial charge in [0, 0.05) is 23.7 Å². The van der Waals surface area contributed by atoms with E-state index >= 15 is 0 Å². The number of rotatable bonds is 3. The van der Waals surface area contributed by atoms with Gasteiger partial charge < -0.3 is 0 Å². The number of halogens is 2. The summed E-state index contributed by atoms with van der Waals surface area (Å²) >= 11 is 5.82. The van der Waals surface area contributed by atoms with E-state index in [-0.39, 0.29) is 22.7 Å². The lowest BCUT2D eigenvalue weighted by molar-refractivity contribution is 0.584. The van der Waals surface area contributed by atoms with Gasteiger partial charge >= 0.3 is 5.69 Å². The van der Waals surface area contributed by atoms with Gasteiger partial charge in [0.05, 0.1) is 29.0 Å². The highest BCUT2D eigenvalue weighted by atomic mass is 35.5. The third-order valence-electron chi connectivity index (χ3n) is 4.06. The molecule has 0 bridgehead atoms. The minimum absolute atomic E-state index is 0.0421. The summed E-state index contributed by atoms with van der Waals surface area (Å²) in [5.41, 5.74) is 0.665. The Kier molecular flexibility index (Phi) is 4.93. The second kappa shape index (κ2) is 7.17. The Hall–Kier alpha value is -3.24. The van der Waals surface area contributed by atoms with Crippen molar-refractivity contribution in [3.05, 3.63) is 73.8 Å². The van der Waals surface area contributed by atoms with Crippen molar-refractivity contribution in [1.29, 1.82) is 0 Å². The van der Waals surface area contributed by atoms with Gasteiger partial charge in [-0.1, -0.05) is 17.5 Å². The fourth-order valence-electron chi connectivity index (χ4n) is 2.81. The van der Waals surface area contributed by atoms with Gasteiger partial charge in [-0.25, -0.2) is 14.3 Å². The van der Waals surface area contributed by atoms with Gasteiger partial charge in [0.1, 0.15) is 0 Å². The van der Waals surface area contributed by atoms with Crippen LogP contribution in [0.4, 0.5) is 4.39 Å². The van der Waals surface area contributed by atoms with Crippen LogP contribution in [0.5, 0.6) is 0 Å². The van der Waals surface area contributed by atoms with Crippen molar-refractivity contribution in [3.8, 4) is 29.2 Å². The third-order valence-corrected chi connectivity index (χ3v) is 4.32. The molecule has 3 aromatic rings. The summed E-state index contributed by atoms with van der Waals surface area (Å²) in [4.78, 5) is 33.7. The summed E-state index contributed by atoms with van der Waals surface area (Å²) < 4.78 is 15.7. The molecule has 0 atom stereocenters. The Morgan fingerprint density at radius 3 is 2.59 bits per heavy atom. The normalized spacial score (nSPS) is 10.6. The molecule has 0 spiro atoms. The van der Waals surface area contributed by atoms with Crippen molar-refractivity contribution >= 4 is 11.6 Å². The lowest BCUT2D eigenvalue weighted by Gasteiger charge is -2.16. The van der Waals surface area contributed by atoms with E-state index < -0.39 is 17.2 Å². The van der Waals surface area contributed by atoms with Crippen LogP contribution in [0.3, 0.4) is 0 Å². The van der Waals surface area contributed by atoms with E-state index in [1.54, 1.807) is 26.1 Å². The minimum atomic E-state index is -0.849. The number of hydrogen-bond donors (Lipinski definition) is 0. The van der Waals surface area contributed by atoms with Gasteiger partial charge in [-0.15, -0.1) is 6.42 Å². The average molecular weight is 385 g/mol. The molecule has 0 fully saturated rings. The van der Waals surface area contributed by atoms with Gasteiger partial charge in [-0.2, -0.15) is 4.39 Å². The van der Waals surface area contributed by atoms with Gasteiger partial charge in [0.25, 0.3) is 5.56 Å². The fourth-order valence-corrected chi connectivity index (χ4v) is 2.98. The summed E-state index contributed by atoms with van der Waals surface area (Å²) in [7, 11) is 0. The molecule has 3 rings (SSSR count). The van der Waals surface area contributed by atoms with Crippen LogP contribution in [0, 0.1) is 32.1 Å². The van der Waals surface area contributed by atoms with E-state index in [0.717, 1.165) is 10.1 Å². The standard InChI is InChI=1S/C19H14ClFN4O2/c1-4-5-24-12(3)16(13-7-15(20)17(21)23-9-13)18(26)25(19(24)27)14-6-11(2)8-22-10-14/h1,6-10H,5H2,2-3H3. The molecule has 0 radical (unpaired) electrons. The minimum Gasteiger partial charge on any atom is -0.285 e. The topological polar surface area (TPSA) is 69.8 Å². The van der Waals surface area contributed by atoms with Crippen LogP contribution >= 0.6 is 11.6 Å². The van der Waals surface area contributed by atoms with Gasteiger partial charge in [0.15, 0.2) is 0 Å². The van der Waals surface area contributed by atoms with E-state index in [1.807, 2.05) is 0 Å². The highest BCUT2D eigenvalue weighted by Gasteiger charge is 2.20. The molecule has 0 aromatic carbocycles. The maximum atomic E-state index is 13.5. The molecular formula is C19H14ClFN4O2. The first-order valence-electron chi connectivity index (χ1n) is 7.88. The van der Waals surface area contributed by atoms with Crippen molar-refractivity contribution < 1.29 is 4.39 Å². The van der Waals surface area contributed by atoms with E-state index in [4.69, 9.17) is 18.0 Å². The molecule has 0 unspecified atom stereocenters. The highest BCUT2D eigenvalue weighted by molar-refractivity contribution is 6.30. The second-order valence-corrected chi connectivity index (χ2v) is 6.30. The monoisotopic (exact) mass is 384 g/mol. The predicted octanol–water partition coefficient (Wildman–Crippen LogP) is 2.50. The van der Waals surface area contributed by atoms with Crippen LogP contribution in [0.2, 0.25) is 5.02 Å².